The molecule has 1 aromatic rings. The maximum atomic E-state index is 5.87. The summed E-state index contributed by atoms with van der Waals surface area (Å²) in [6.45, 7) is 2.72. The Morgan fingerprint density at radius 1 is 1.31 bits per heavy atom. The molecule has 86 valence electrons. The Bertz CT molecular complexity index is 367. The topological polar surface area (TPSA) is 35.2 Å². The standard InChI is InChI=1S/C14H19NO/c1-2-16-14-9-5-12(6-10-14)11-3-7-13(15)8-4-11/h3,5-6,9-10,13H,2,4,7-8,15H2,1H3. The molecule has 0 spiro atoms. The van der Waals surface area contributed by atoms with Crippen molar-refractivity contribution < 1.29 is 4.74 Å². The molecule has 16 heavy (non-hydrogen) atoms. The molecule has 1 unspecified atom stereocenters. The van der Waals surface area contributed by atoms with Gasteiger partial charge in [0, 0.05) is 6.04 Å². The minimum absolute atomic E-state index is 0.353. The maximum absolute atomic E-state index is 5.87. The number of hydrogen-bond donors (Lipinski definition) is 1. The Morgan fingerprint density at radius 3 is 2.62 bits per heavy atom. The lowest BCUT2D eigenvalue weighted by atomic mass is 9.91. The van der Waals surface area contributed by atoms with Gasteiger partial charge in [-0.15, -0.1) is 0 Å². The van der Waals surface area contributed by atoms with Gasteiger partial charge in [-0.1, -0.05) is 18.2 Å². The van der Waals surface area contributed by atoms with E-state index in [1.807, 2.05) is 19.1 Å². The number of benzene rings is 1. The molecular weight excluding hydrogens is 198 g/mol. The van der Waals surface area contributed by atoms with Crippen LogP contribution in [0.2, 0.25) is 0 Å². The van der Waals surface area contributed by atoms with Crippen molar-refractivity contribution in [3.63, 3.8) is 0 Å². The van der Waals surface area contributed by atoms with Gasteiger partial charge in [0.1, 0.15) is 5.75 Å². The summed E-state index contributed by atoms with van der Waals surface area (Å²) < 4.78 is 5.43. The molecule has 0 aliphatic heterocycles. The maximum Gasteiger partial charge on any atom is 0.119 e. The smallest absolute Gasteiger partial charge is 0.119 e. The Hall–Kier alpha value is -1.28. The van der Waals surface area contributed by atoms with E-state index in [1.54, 1.807) is 0 Å². The number of rotatable bonds is 3. The SMILES string of the molecule is CCOc1ccc(C2=CCC(N)CC2)cc1. The van der Waals surface area contributed by atoms with Crippen LogP contribution in [-0.2, 0) is 0 Å². The van der Waals surface area contributed by atoms with Crippen LogP contribution in [-0.4, -0.2) is 12.6 Å². The number of allylic oxidation sites excluding steroid dienone is 1. The number of nitrogens with two attached hydrogens (primary N) is 1. The van der Waals surface area contributed by atoms with Gasteiger partial charge in [-0.2, -0.15) is 0 Å². The summed E-state index contributed by atoms with van der Waals surface area (Å²) in [5, 5.41) is 0. The first-order chi connectivity index (χ1) is 7.79. The molecule has 0 saturated heterocycles. The van der Waals surface area contributed by atoms with Crippen molar-refractivity contribution in [2.24, 2.45) is 5.73 Å². The van der Waals surface area contributed by atoms with Gasteiger partial charge in [-0.3, -0.25) is 0 Å². The predicted molar refractivity (Wildman–Crippen MR) is 67.4 cm³/mol. The van der Waals surface area contributed by atoms with Crippen LogP contribution in [0.3, 0.4) is 0 Å². The molecule has 0 aromatic heterocycles. The Labute approximate surface area is 97.1 Å². The van der Waals surface area contributed by atoms with Crippen molar-refractivity contribution in [1.29, 1.82) is 0 Å². The minimum Gasteiger partial charge on any atom is -0.494 e. The van der Waals surface area contributed by atoms with Crippen LogP contribution < -0.4 is 10.5 Å². The van der Waals surface area contributed by atoms with Gasteiger partial charge in [0.2, 0.25) is 0 Å². The predicted octanol–water partition coefficient (Wildman–Crippen LogP) is 2.98. The minimum atomic E-state index is 0.353. The summed E-state index contributed by atoms with van der Waals surface area (Å²) in [6.07, 6.45) is 5.46. The second-order valence-electron chi connectivity index (χ2n) is 4.22. The molecular formula is C14H19NO. The Balaban J connectivity index is 2.09. The zero-order chi connectivity index (χ0) is 11.4. The van der Waals surface area contributed by atoms with Crippen molar-refractivity contribution in [2.75, 3.05) is 6.61 Å². The largest absolute Gasteiger partial charge is 0.494 e. The average molecular weight is 217 g/mol. The zero-order valence-corrected chi connectivity index (χ0v) is 9.78. The fourth-order valence-corrected chi connectivity index (χ4v) is 2.05. The molecule has 0 heterocycles. The van der Waals surface area contributed by atoms with Crippen LogP contribution >= 0.6 is 0 Å². The normalized spacial score (nSPS) is 20.4. The van der Waals surface area contributed by atoms with Crippen LogP contribution in [0.25, 0.3) is 5.57 Å². The van der Waals surface area contributed by atoms with Gasteiger partial charge >= 0.3 is 0 Å². The fraction of sp³-hybridized carbons (Fsp3) is 0.429. The summed E-state index contributed by atoms with van der Waals surface area (Å²) in [6, 6.07) is 8.69. The highest BCUT2D eigenvalue weighted by molar-refractivity contribution is 5.66. The van der Waals surface area contributed by atoms with Crippen LogP contribution in [0, 0.1) is 0 Å². The van der Waals surface area contributed by atoms with E-state index in [9.17, 15) is 0 Å². The van der Waals surface area contributed by atoms with Crippen molar-refractivity contribution in [3.8, 4) is 5.75 Å². The summed E-state index contributed by atoms with van der Waals surface area (Å²) in [5.41, 5.74) is 8.60. The highest BCUT2D eigenvalue weighted by Gasteiger charge is 2.11. The van der Waals surface area contributed by atoms with E-state index >= 15 is 0 Å². The molecule has 2 rings (SSSR count). The van der Waals surface area contributed by atoms with E-state index in [0.717, 1.165) is 31.6 Å². The van der Waals surface area contributed by atoms with Crippen molar-refractivity contribution in [3.05, 3.63) is 35.9 Å². The van der Waals surface area contributed by atoms with Gasteiger partial charge in [0.05, 0.1) is 6.61 Å². The molecule has 0 fully saturated rings. The van der Waals surface area contributed by atoms with Gasteiger partial charge in [-0.25, -0.2) is 0 Å². The summed E-state index contributed by atoms with van der Waals surface area (Å²) in [4.78, 5) is 0. The van der Waals surface area contributed by atoms with Crippen LogP contribution in [0.4, 0.5) is 0 Å². The lowest BCUT2D eigenvalue weighted by Gasteiger charge is -2.18. The highest BCUT2D eigenvalue weighted by Crippen LogP contribution is 2.27. The highest BCUT2D eigenvalue weighted by atomic mass is 16.5. The fourth-order valence-electron chi connectivity index (χ4n) is 2.05. The Morgan fingerprint density at radius 2 is 2.06 bits per heavy atom. The molecule has 1 aliphatic rings. The summed E-state index contributed by atoms with van der Waals surface area (Å²) >= 11 is 0. The van der Waals surface area contributed by atoms with Gasteiger partial charge in [0.15, 0.2) is 0 Å². The number of ether oxygens (including phenoxy) is 1. The van der Waals surface area contributed by atoms with Crippen molar-refractivity contribution >= 4 is 5.57 Å². The van der Waals surface area contributed by atoms with E-state index in [1.165, 1.54) is 11.1 Å². The second kappa shape index (κ2) is 5.17. The molecule has 0 amide bonds. The molecule has 1 aliphatic carbocycles. The molecule has 0 bridgehead atoms. The van der Waals surface area contributed by atoms with Gasteiger partial charge in [0.25, 0.3) is 0 Å². The van der Waals surface area contributed by atoms with Crippen LogP contribution in [0.15, 0.2) is 30.3 Å². The lowest BCUT2D eigenvalue weighted by molar-refractivity contribution is 0.340. The first kappa shape index (κ1) is 11.2. The third-order valence-corrected chi connectivity index (χ3v) is 2.99. The third kappa shape index (κ3) is 2.64. The molecule has 2 N–H and O–H groups in total. The Kier molecular flexibility index (Phi) is 3.62. The van der Waals surface area contributed by atoms with Gasteiger partial charge in [-0.05, 0) is 49.5 Å². The first-order valence-electron chi connectivity index (χ1n) is 5.97. The van der Waals surface area contributed by atoms with E-state index in [-0.39, 0.29) is 0 Å². The molecule has 1 aromatic carbocycles. The van der Waals surface area contributed by atoms with Crippen molar-refractivity contribution in [2.45, 2.75) is 32.2 Å². The summed E-state index contributed by atoms with van der Waals surface area (Å²) in [5.74, 6) is 0.944. The number of hydrogen-bond acceptors (Lipinski definition) is 2. The van der Waals surface area contributed by atoms with E-state index in [2.05, 4.69) is 18.2 Å². The molecule has 2 heteroatoms. The third-order valence-electron chi connectivity index (χ3n) is 2.99. The van der Waals surface area contributed by atoms with Gasteiger partial charge < -0.3 is 10.5 Å². The molecule has 0 radical (unpaired) electrons. The second-order valence-corrected chi connectivity index (χ2v) is 4.22. The quantitative estimate of drug-likeness (QED) is 0.844. The molecule has 2 nitrogen and oxygen atoms in total. The van der Waals surface area contributed by atoms with Crippen molar-refractivity contribution in [1.82, 2.24) is 0 Å². The molecule has 0 saturated carbocycles. The lowest BCUT2D eigenvalue weighted by Crippen LogP contribution is -2.21. The van der Waals surface area contributed by atoms with Crippen LogP contribution in [0.5, 0.6) is 5.75 Å². The van der Waals surface area contributed by atoms with E-state index < -0.39 is 0 Å². The monoisotopic (exact) mass is 217 g/mol. The summed E-state index contributed by atoms with van der Waals surface area (Å²) in [7, 11) is 0. The first-order valence-corrected chi connectivity index (χ1v) is 5.97. The van der Waals surface area contributed by atoms with E-state index in [0.29, 0.717) is 6.04 Å². The molecule has 1 atom stereocenters. The zero-order valence-electron chi connectivity index (χ0n) is 9.78. The van der Waals surface area contributed by atoms with Crippen LogP contribution in [0.1, 0.15) is 31.7 Å². The average Bonchev–Trinajstić information content (AvgIpc) is 2.32. The van der Waals surface area contributed by atoms with E-state index in [4.69, 9.17) is 10.5 Å².